The molecule has 1 saturated heterocycles. The summed E-state index contributed by atoms with van der Waals surface area (Å²) in [6.07, 6.45) is 2.45. The summed E-state index contributed by atoms with van der Waals surface area (Å²) < 4.78 is 0. The molecule has 1 heterocycles. The molecule has 1 fully saturated rings. The highest BCUT2D eigenvalue weighted by Crippen LogP contribution is 2.12. The van der Waals surface area contributed by atoms with Gasteiger partial charge in [0.25, 0.3) is 0 Å². The Morgan fingerprint density at radius 1 is 1.37 bits per heavy atom. The maximum Gasteiger partial charge on any atom is 0.246 e. The monoisotopic (exact) mass is 269 g/mol. The molecule has 110 valence electrons. The molecule has 1 atom stereocenters. The van der Waals surface area contributed by atoms with E-state index in [0.29, 0.717) is 19.0 Å². The zero-order chi connectivity index (χ0) is 14.4. The molecule has 19 heavy (non-hydrogen) atoms. The SMILES string of the molecule is CCN1C(=O)CC(NCCCCN(C)C(C)C)C1=O. The van der Waals surface area contributed by atoms with Crippen LogP contribution in [-0.4, -0.2) is 60.4 Å². The van der Waals surface area contributed by atoms with Crippen LogP contribution in [0.1, 0.15) is 40.0 Å². The van der Waals surface area contributed by atoms with Crippen LogP contribution in [0.2, 0.25) is 0 Å². The van der Waals surface area contributed by atoms with Crippen molar-refractivity contribution in [1.29, 1.82) is 0 Å². The van der Waals surface area contributed by atoms with Crippen LogP contribution in [0.5, 0.6) is 0 Å². The molecule has 0 aliphatic carbocycles. The van der Waals surface area contributed by atoms with Crippen molar-refractivity contribution in [2.45, 2.75) is 52.1 Å². The van der Waals surface area contributed by atoms with Gasteiger partial charge in [-0.3, -0.25) is 14.5 Å². The van der Waals surface area contributed by atoms with Gasteiger partial charge in [0.2, 0.25) is 11.8 Å². The summed E-state index contributed by atoms with van der Waals surface area (Å²) in [4.78, 5) is 27.0. The van der Waals surface area contributed by atoms with E-state index in [4.69, 9.17) is 0 Å². The van der Waals surface area contributed by atoms with Crippen molar-refractivity contribution in [3.05, 3.63) is 0 Å². The smallest absolute Gasteiger partial charge is 0.246 e. The first kappa shape index (κ1) is 16.1. The van der Waals surface area contributed by atoms with Crippen LogP contribution in [-0.2, 0) is 9.59 Å². The number of hydrogen-bond donors (Lipinski definition) is 1. The molecule has 0 aromatic rings. The highest BCUT2D eigenvalue weighted by molar-refractivity contribution is 6.05. The fraction of sp³-hybridized carbons (Fsp3) is 0.857. The number of nitrogens with zero attached hydrogens (tertiary/aromatic N) is 2. The largest absolute Gasteiger partial charge is 0.305 e. The topological polar surface area (TPSA) is 52.7 Å². The van der Waals surface area contributed by atoms with Crippen molar-refractivity contribution in [3.8, 4) is 0 Å². The minimum Gasteiger partial charge on any atom is -0.305 e. The van der Waals surface area contributed by atoms with Crippen molar-refractivity contribution >= 4 is 11.8 Å². The molecule has 0 saturated carbocycles. The number of likely N-dealkylation sites (N-methyl/N-ethyl adjacent to an activating group) is 1. The van der Waals surface area contributed by atoms with E-state index >= 15 is 0 Å². The molecule has 0 aromatic heterocycles. The van der Waals surface area contributed by atoms with Gasteiger partial charge in [0.1, 0.15) is 0 Å². The van der Waals surface area contributed by atoms with Crippen LogP contribution >= 0.6 is 0 Å². The minimum absolute atomic E-state index is 0.0514. The molecule has 1 N–H and O–H groups in total. The van der Waals surface area contributed by atoms with Gasteiger partial charge in [0, 0.05) is 12.6 Å². The predicted molar refractivity (Wildman–Crippen MR) is 75.8 cm³/mol. The number of carbonyl (C=O) groups excluding carboxylic acids is 2. The van der Waals surface area contributed by atoms with E-state index in [2.05, 4.69) is 31.1 Å². The van der Waals surface area contributed by atoms with Gasteiger partial charge in [-0.2, -0.15) is 0 Å². The van der Waals surface area contributed by atoms with Crippen molar-refractivity contribution in [3.63, 3.8) is 0 Å². The van der Waals surface area contributed by atoms with Crippen molar-refractivity contribution < 1.29 is 9.59 Å². The van der Waals surface area contributed by atoms with Gasteiger partial charge < -0.3 is 10.2 Å². The first-order chi connectivity index (χ1) is 8.97. The van der Waals surface area contributed by atoms with E-state index in [9.17, 15) is 9.59 Å². The Hall–Kier alpha value is -0.940. The molecule has 0 aromatic carbocycles. The van der Waals surface area contributed by atoms with Crippen LogP contribution in [0.15, 0.2) is 0 Å². The van der Waals surface area contributed by atoms with Crippen molar-refractivity contribution in [1.82, 2.24) is 15.1 Å². The summed E-state index contributed by atoms with van der Waals surface area (Å²) >= 11 is 0. The van der Waals surface area contributed by atoms with E-state index < -0.39 is 0 Å². The number of unbranched alkanes of at least 4 members (excludes halogenated alkanes) is 1. The third-order valence-corrected chi connectivity index (χ3v) is 3.77. The second-order valence-electron chi connectivity index (χ2n) is 5.47. The van der Waals surface area contributed by atoms with Crippen molar-refractivity contribution in [2.75, 3.05) is 26.7 Å². The summed E-state index contributed by atoms with van der Waals surface area (Å²) in [6.45, 7) is 8.54. The molecule has 1 aliphatic rings. The lowest BCUT2D eigenvalue weighted by molar-refractivity contribution is -0.138. The van der Waals surface area contributed by atoms with E-state index in [-0.39, 0.29) is 17.9 Å². The van der Waals surface area contributed by atoms with E-state index in [1.165, 1.54) is 4.90 Å². The Morgan fingerprint density at radius 3 is 2.58 bits per heavy atom. The number of imide groups is 1. The Balaban J connectivity index is 2.17. The standard InChI is InChI=1S/C14H27N3O2/c1-5-17-13(18)10-12(14(17)19)15-8-6-7-9-16(4)11(2)3/h11-12,15H,5-10H2,1-4H3. The molecule has 0 bridgehead atoms. The van der Waals surface area contributed by atoms with E-state index in [0.717, 1.165) is 25.9 Å². The number of likely N-dealkylation sites (tertiary alicyclic amines) is 1. The highest BCUT2D eigenvalue weighted by Gasteiger charge is 2.36. The Labute approximate surface area is 116 Å². The fourth-order valence-electron chi connectivity index (χ4n) is 2.20. The highest BCUT2D eigenvalue weighted by atomic mass is 16.2. The van der Waals surface area contributed by atoms with Gasteiger partial charge in [-0.05, 0) is 53.8 Å². The molecule has 0 radical (unpaired) electrons. The molecule has 1 rings (SSSR count). The third-order valence-electron chi connectivity index (χ3n) is 3.77. The first-order valence-electron chi connectivity index (χ1n) is 7.25. The molecular formula is C14H27N3O2. The number of carbonyl (C=O) groups is 2. The minimum atomic E-state index is -0.296. The quantitative estimate of drug-likeness (QED) is 0.524. The predicted octanol–water partition coefficient (Wildman–Crippen LogP) is 0.844. The second kappa shape index (κ2) is 7.60. The fourth-order valence-corrected chi connectivity index (χ4v) is 2.20. The number of nitrogens with one attached hydrogen (secondary N) is 1. The molecule has 1 aliphatic heterocycles. The van der Waals surface area contributed by atoms with Crippen LogP contribution < -0.4 is 5.32 Å². The molecule has 1 unspecified atom stereocenters. The lowest BCUT2D eigenvalue weighted by Crippen LogP contribution is -2.39. The lowest BCUT2D eigenvalue weighted by Gasteiger charge is -2.20. The molecule has 5 nitrogen and oxygen atoms in total. The maximum atomic E-state index is 11.8. The number of rotatable bonds is 8. The maximum absolute atomic E-state index is 11.8. The first-order valence-corrected chi connectivity index (χ1v) is 7.25. The Bertz CT molecular complexity index is 318. The second-order valence-corrected chi connectivity index (χ2v) is 5.47. The zero-order valence-electron chi connectivity index (χ0n) is 12.6. The summed E-state index contributed by atoms with van der Waals surface area (Å²) in [6, 6.07) is 0.274. The van der Waals surface area contributed by atoms with Gasteiger partial charge in [0.15, 0.2) is 0 Å². The molecular weight excluding hydrogens is 242 g/mol. The Kier molecular flexibility index (Phi) is 6.45. The van der Waals surface area contributed by atoms with Gasteiger partial charge >= 0.3 is 0 Å². The summed E-state index contributed by atoms with van der Waals surface area (Å²) in [5.74, 6) is -0.115. The van der Waals surface area contributed by atoms with Crippen LogP contribution in [0.25, 0.3) is 0 Å². The molecule has 5 heteroatoms. The van der Waals surface area contributed by atoms with Crippen LogP contribution in [0.3, 0.4) is 0 Å². The molecule has 0 spiro atoms. The van der Waals surface area contributed by atoms with Gasteiger partial charge in [-0.25, -0.2) is 0 Å². The van der Waals surface area contributed by atoms with E-state index in [1.54, 1.807) is 0 Å². The van der Waals surface area contributed by atoms with Crippen LogP contribution in [0.4, 0.5) is 0 Å². The van der Waals surface area contributed by atoms with Gasteiger partial charge in [-0.1, -0.05) is 0 Å². The van der Waals surface area contributed by atoms with Crippen LogP contribution in [0, 0.1) is 0 Å². The number of amides is 2. The Morgan fingerprint density at radius 2 is 2.05 bits per heavy atom. The molecule has 2 amide bonds. The third kappa shape index (κ3) is 4.58. The van der Waals surface area contributed by atoms with Crippen molar-refractivity contribution in [2.24, 2.45) is 0 Å². The normalized spacial score (nSPS) is 20.1. The van der Waals surface area contributed by atoms with Gasteiger partial charge in [0.05, 0.1) is 12.5 Å². The summed E-state index contributed by atoms with van der Waals surface area (Å²) in [7, 11) is 2.12. The van der Waals surface area contributed by atoms with Gasteiger partial charge in [-0.15, -0.1) is 0 Å². The summed E-state index contributed by atoms with van der Waals surface area (Å²) in [5, 5.41) is 3.20. The average molecular weight is 269 g/mol. The van der Waals surface area contributed by atoms with E-state index in [1.807, 2.05) is 6.92 Å². The zero-order valence-corrected chi connectivity index (χ0v) is 12.6. The summed E-state index contributed by atoms with van der Waals surface area (Å²) in [5.41, 5.74) is 0. The number of hydrogen-bond acceptors (Lipinski definition) is 4. The average Bonchev–Trinajstić information content (AvgIpc) is 2.63. The lowest BCUT2D eigenvalue weighted by atomic mass is 10.2.